The van der Waals surface area contributed by atoms with E-state index < -0.39 is 0 Å². The Balaban J connectivity index is 2.11. The van der Waals surface area contributed by atoms with E-state index in [0.717, 1.165) is 18.4 Å². The zero-order chi connectivity index (χ0) is 20.4. The van der Waals surface area contributed by atoms with Gasteiger partial charge in [-0.2, -0.15) is 5.26 Å². The number of benzene rings is 2. The summed E-state index contributed by atoms with van der Waals surface area (Å²) in [4.78, 5) is 12.1. The summed E-state index contributed by atoms with van der Waals surface area (Å²) in [5, 5.41) is 12.7. The summed E-state index contributed by atoms with van der Waals surface area (Å²) in [5.41, 5.74) is 1.71. The summed E-state index contributed by atoms with van der Waals surface area (Å²) in [6, 6.07) is 14.6. The highest BCUT2D eigenvalue weighted by molar-refractivity contribution is 6.30. The third-order valence-electron chi connectivity index (χ3n) is 3.99. The highest BCUT2D eigenvalue weighted by Crippen LogP contribution is 2.29. The summed E-state index contributed by atoms with van der Waals surface area (Å²) in [6.45, 7) is 2.96. The van der Waals surface area contributed by atoms with Crippen molar-refractivity contribution in [1.29, 1.82) is 5.26 Å². The van der Waals surface area contributed by atoms with Crippen LogP contribution in [-0.2, 0) is 11.4 Å². The van der Waals surface area contributed by atoms with Crippen LogP contribution in [0, 0.1) is 11.3 Å². The number of hydrogen-bond donors (Lipinski definition) is 1. The van der Waals surface area contributed by atoms with E-state index in [-0.39, 0.29) is 11.5 Å². The molecule has 0 fully saturated rings. The minimum absolute atomic E-state index is 0.0491. The van der Waals surface area contributed by atoms with Crippen LogP contribution in [0.25, 0.3) is 6.08 Å². The van der Waals surface area contributed by atoms with Gasteiger partial charge in [0.2, 0.25) is 0 Å². The van der Waals surface area contributed by atoms with E-state index in [1.54, 1.807) is 37.4 Å². The quantitative estimate of drug-likeness (QED) is 0.376. The van der Waals surface area contributed by atoms with Gasteiger partial charge in [-0.15, -0.1) is 0 Å². The summed E-state index contributed by atoms with van der Waals surface area (Å²) in [5.74, 6) is 0.713. The fourth-order valence-electron chi connectivity index (χ4n) is 2.42. The average molecular weight is 399 g/mol. The molecule has 0 aliphatic carbocycles. The van der Waals surface area contributed by atoms with Gasteiger partial charge in [0.1, 0.15) is 18.2 Å². The number of nitriles is 1. The summed E-state index contributed by atoms with van der Waals surface area (Å²) >= 11 is 5.89. The van der Waals surface area contributed by atoms with Crippen LogP contribution >= 0.6 is 11.6 Å². The highest BCUT2D eigenvalue weighted by Gasteiger charge is 2.10. The maximum Gasteiger partial charge on any atom is 0.261 e. The fourth-order valence-corrected chi connectivity index (χ4v) is 2.55. The molecular formula is C22H23ClN2O3. The number of unbranched alkanes of at least 4 members (excludes halogenated alkanes) is 1. The number of nitrogens with one attached hydrogen (secondary N) is 1. The van der Waals surface area contributed by atoms with Crippen molar-refractivity contribution in [3.05, 3.63) is 64.2 Å². The molecule has 5 nitrogen and oxygen atoms in total. The van der Waals surface area contributed by atoms with Crippen molar-refractivity contribution in [1.82, 2.24) is 5.32 Å². The molecule has 1 amide bonds. The zero-order valence-electron chi connectivity index (χ0n) is 16.0. The van der Waals surface area contributed by atoms with Gasteiger partial charge in [0.25, 0.3) is 5.91 Å². The highest BCUT2D eigenvalue weighted by atomic mass is 35.5. The van der Waals surface area contributed by atoms with E-state index in [4.69, 9.17) is 21.1 Å². The normalized spacial score (nSPS) is 10.9. The largest absolute Gasteiger partial charge is 0.493 e. The number of amides is 1. The van der Waals surface area contributed by atoms with Gasteiger partial charge in [-0.1, -0.05) is 43.1 Å². The Hall–Kier alpha value is -2.97. The molecule has 28 heavy (non-hydrogen) atoms. The van der Waals surface area contributed by atoms with E-state index >= 15 is 0 Å². The predicted molar refractivity (Wildman–Crippen MR) is 110 cm³/mol. The van der Waals surface area contributed by atoms with E-state index in [1.807, 2.05) is 25.1 Å². The van der Waals surface area contributed by atoms with Crippen LogP contribution < -0.4 is 14.8 Å². The van der Waals surface area contributed by atoms with Crippen LogP contribution in [0.1, 0.15) is 30.9 Å². The first kappa shape index (κ1) is 21.3. The molecule has 0 unspecified atom stereocenters. The fraction of sp³-hybridized carbons (Fsp3) is 0.273. The van der Waals surface area contributed by atoms with Gasteiger partial charge in [-0.25, -0.2) is 0 Å². The number of methoxy groups -OCH3 is 1. The van der Waals surface area contributed by atoms with Crippen molar-refractivity contribution in [2.45, 2.75) is 26.4 Å². The number of ether oxygens (including phenoxy) is 2. The molecule has 2 aromatic carbocycles. The molecule has 0 aliphatic rings. The van der Waals surface area contributed by atoms with Crippen LogP contribution in [0.5, 0.6) is 11.5 Å². The Morgan fingerprint density at radius 2 is 1.96 bits per heavy atom. The van der Waals surface area contributed by atoms with Crippen molar-refractivity contribution < 1.29 is 14.3 Å². The molecule has 0 radical (unpaired) electrons. The second kappa shape index (κ2) is 11.0. The third-order valence-corrected chi connectivity index (χ3v) is 4.24. The number of nitrogens with zero attached hydrogens (tertiary/aromatic N) is 1. The van der Waals surface area contributed by atoms with Crippen LogP contribution in [0.2, 0.25) is 5.02 Å². The lowest BCUT2D eigenvalue weighted by atomic mass is 10.1. The van der Waals surface area contributed by atoms with Gasteiger partial charge >= 0.3 is 0 Å². The maximum atomic E-state index is 12.1. The smallest absolute Gasteiger partial charge is 0.261 e. The summed E-state index contributed by atoms with van der Waals surface area (Å²) in [6.07, 6.45) is 3.38. The second-order valence-electron chi connectivity index (χ2n) is 6.10. The van der Waals surface area contributed by atoms with Gasteiger partial charge in [-0.05, 0) is 47.9 Å². The lowest BCUT2D eigenvalue weighted by Gasteiger charge is -2.12. The van der Waals surface area contributed by atoms with Gasteiger partial charge in [0.05, 0.1) is 7.11 Å². The van der Waals surface area contributed by atoms with Crippen LogP contribution in [0.4, 0.5) is 0 Å². The monoisotopic (exact) mass is 398 g/mol. The molecule has 2 aromatic rings. The SMILES string of the molecule is CCCCNC(=O)/C(C#N)=C\c1ccc(OCc2ccc(Cl)cc2)c(OC)c1. The Kier molecular flexibility index (Phi) is 8.38. The van der Waals surface area contributed by atoms with Crippen molar-refractivity contribution in [3.63, 3.8) is 0 Å². The van der Waals surface area contributed by atoms with Crippen molar-refractivity contribution in [2.75, 3.05) is 13.7 Å². The average Bonchev–Trinajstić information content (AvgIpc) is 2.72. The number of carbonyl (C=O) groups excluding carboxylic acids is 1. The Labute approximate surface area is 170 Å². The first-order valence-corrected chi connectivity index (χ1v) is 9.40. The molecule has 146 valence electrons. The molecular weight excluding hydrogens is 376 g/mol. The molecule has 0 aliphatic heterocycles. The van der Waals surface area contributed by atoms with Crippen molar-refractivity contribution in [2.24, 2.45) is 0 Å². The Bertz CT molecular complexity index is 870. The van der Waals surface area contributed by atoms with Gasteiger partial charge in [-0.3, -0.25) is 4.79 Å². The molecule has 1 N–H and O–H groups in total. The number of rotatable bonds is 9. The van der Waals surface area contributed by atoms with Gasteiger partial charge in [0.15, 0.2) is 11.5 Å². The Morgan fingerprint density at radius 3 is 2.61 bits per heavy atom. The third kappa shape index (κ3) is 6.33. The Morgan fingerprint density at radius 1 is 1.21 bits per heavy atom. The first-order chi connectivity index (χ1) is 13.6. The molecule has 0 spiro atoms. The second-order valence-corrected chi connectivity index (χ2v) is 6.54. The molecule has 0 atom stereocenters. The number of hydrogen-bond acceptors (Lipinski definition) is 4. The minimum Gasteiger partial charge on any atom is -0.493 e. The standard InChI is InChI=1S/C22H23ClN2O3/c1-3-4-11-25-22(26)18(14-24)12-17-7-10-20(21(13-17)27-2)28-15-16-5-8-19(23)9-6-16/h5-10,12-13H,3-4,11,15H2,1-2H3,(H,25,26)/b18-12-. The molecule has 2 rings (SSSR count). The molecule has 6 heteroatoms. The molecule has 0 aromatic heterocycles. The number of halogens is 1. The lowest BCUT2D eigenvalue weighted by molar-refractivity contribution is -0.117. The minimum atomic E-state index is -0.377. The van der Waals surface area contributed by atoms with E-state index in [0.29, 0.717) is 35.2 Å². The summed E-state index contributed by atoms with van der Waals surface area (Å²) in [7, 11) is 1.54. The lowest BCUT2D eigenvalue weighted by Crippen LogP contribution is -2.25. The summed E-state index contributed by atoms with van der Waals surface area (Å²) < 4.78 is 11.2. The topological polar surface area (TPSA) is 71.4 Å². The van der Waals surface area contributed by atoms with Crippen molar-refractivity contribution >= 4 is 23.6 Å². The van der Waals surface area contributed by atoms with Crippen LogP contribution in [-0.4, -0.2) is 19.6 Å². The maximum absolute atomic E-state index is 12.1. The molecule has 0 bridgehead atoms. The van der Waals surface area contributed by atoms with E-state index in [2.05, 4.69) is 5.32 Å². The molecule has 0 saturated carbocycles. The van der Waals surface area contributed by atoms with Crippen molar-refractivity contribution in [3.8, 4) is 17.6 Å². The van der Waals surface area contributed by atoms with Gasteiger partial charge in [0, 0.05) is 11.6 Å². The van der Waals surface area contributed by atoms with E-state index in [1.165, 1.54) is 6.08 Å². The first-order valence-electron chi connectivity index (χ1n) is 9.02. The predicted octanol–water partition coefficient (Wildman–Crippen LogP) is 4.75. The van der Waals surface area contributed by atoms with Crippen LogP contribution in [0.15, 0.2) is 48.0 Å². The van der Waals surface area contributed by atoms with Crippen LogP contribution in [0.3, 0.4) is 0 Å². The molecule has 0 heterocycles. The van der Waals surface area contributed by atoms with Gasteiger partial charge < -0.3 is 14.8 Å². The number of carbonyl (C=O) groups is 1. The van der Waals surface area contributed by atoms with E-state index in [9.17, 15) is 10.1 Å². The zero-order valence-corrected chi connectivity index (χ0v) is 16.8. The molecule has 0 saturated heterocycles.